The summed E-state index contributed by atoms with van der Waals surface area (Å²) in [6.45, 7) is 6.30. The Bertz CT molecular complexity index is 530. The number of carboxylic acid groups (broad SMARTS) is 1. The van der Waals surface area contributed by atoms with Gasteiger partial charge >= 0.3 is 17.9 Å². The van der Waals surface area contributed by atoms with Crippen LogP contribution >= 0.6 is 0 Å². The summed E-state index contributed by atoms with van der Waals surface area (Å²) in [5.41, 5.74) is -0.121. The molecular formula is C19H31NO7. The highest BCUT2D eigenvalue weighted by atomic mass is 16.5. The van der Waals surface area contributed by atoms with Crippen LogP contribution in [0.15, 0.2) is 12.2 Å². The van der Waals surface area contributed by atoms with E-state index in [2.05, 4.69) is 13.5 Å². The van der Waals surface area contributed by atoms with Crippen molar-refractivity contribution >= 4 is 23.8 Å². The standard InChI is InChI=1S/C19H31NO7/c1-5-6-7-8-9-10-15(3)27-18(24)11-14(2)19(25)26-13-16(21)20(4)12-17(22)23/h15H,2,5-13H2,1,3-4H3,(H,22,23)/t15-/m0/s1. The molecule has 0 bridgehead atoms. The number of unbranched alkanes of at least 4 members (excludes halogenated alkanes) is 4. The Morgan fingerprint density at radius 2 is 1.74 bits per heavy atom. The summed E-state index contributed by atoms with van der Waals surface area (Å²) in [6, 6.07) is 0. The molecule has 0 aliphatic heterocycles. The Morgan fingerprint density at radius 3 is 2.33 bits per heavy atom. The van der Waals surface area contributed by atoms with Gasteiger partial charge in [0.2, 0.25) is 0 Å². The molecule has 0 rings (SSSR count). The number of ether oxygens (including phenoxy) is 2. The molecule has 8 heteroatoms. The molecule has 0 fully saturated rings. The Labute approximate surface area is 160 Å². The molecule has 0 spiro atoms. The molecule has 0 saturated heterocycles. The highest BCUT2D eigenvalue weighted by Gasteiger charge is 2.19. The first-order valence-electron chi connectivity index (χ1n) is 9.17. The number of amides is 1. The lowest BCUT2D eigenvalue weighted by Gasteiger charge is -2.15. The van der Waals surface area contributed by atoms with Crippen molar-refractivity contribution in [3.05, 3.63) is 12.2 Å². The molecule has 8 nitrogen and oxygen atoms in total. The summed E-state index contributed by atoms with van der Waals surface area (Å²) >= 11 is 0. The number of carboxylic acids is 1. The highest BCUT2D eigenvalue weighted by Crippen LogP contribution is 2.11. The van der Waals surface area contributed by atoms with E-state index in [1.807, 2.05) is 0 Å². The summed E-state index contributed by atoms with van der Waals surface area (Å²) in [4.78, 5) is 46.6. The van der Waals surface area contributed by atoms with Gasteiger partial charge in [-0.1, -0.05) is 39.2 Å². The summed E-state index contributed by atoms with van der Waals surface area (Å²) in [5, 5.41) is 8.59. The topological polar surface area (TPSA) is 110 Å². The van der Waals surface area contributed by atoms with E-state index in [4.69, 9.17) is 14.6 Å². The van der Waals surface area contributed by atoms with Crippen LogP contribution in [0.3, 0.4) is 0 Å². The number of rotatable bonds is 14. The molecule has 154 valence electrons. The van der Waals surface area contributed by atoms with Crippen LogP contribution < -0.4 is 0 Å². The van der Waals surface area contributed by atoms with Crippen LogP contribution in [0.5, 0.6) is 0 Å². The highest BCUT2D eigenvalue weighted by molar-refractivity contribution is 5.94. The van der Waals surface area contributed by atoms with Crippen molar-refractivity contribution in [2.75, 3.05) is 20.2 Å². The molecule has 0 aromatic heterocycles. The molecule has 0 saturated carbocycles. The first kappa shape index (κ1) is 24.6. The van der Waals surface area contributed by atoms with E-state index in [1.54, 1.807) is 6.92 Å². The van der Waals surface area contributed by atoms with Crippen LogP contribution in [-0.4, -0.2) is 60.1 Å². The molecule has 0 aromatic rings. The number of nitrogens with zero attached hydrogens (tertiary/aromatic N) is 1. The third-order valence-corrected chi connectivity index (χ3v) is 3.82. The third kappa shape index (κ3) is 12.6. The van der Waals surface area contributed by atoms with Gasteiger partial charge in [-0.3, -0.25) is 14.4 Å². The van der Waals surface area contributed by atoms with Crippen molar-refractivity contribution in [1.29, 1.82) is 0 Å². The molecule has 0 heterocycles. The normalized spacial score (nSPS) is 11.4. The largest absolute Gasteiger partial charge is 0.480 e. The predicted octanol–water partition coefficient (Wildman–Crippen LogP) is 2.31. The quantitative estimate of drug-likeness (QED) is 0.277. The summed E-state index contributed by atoms with van der Waals surface area (Å²) < 4.78 is 9.98. The average Bonchev–Trinajstić information content (AvgIpc) is 2.58. The fourth-order valence-corrected chi connectivity index (χ4v) is 2.24. The fourth-order valence-electron chi connectivity index (χ4n) is 2.24. The van der Waals surface area contributed by atoms with Crippen molar-refractivity contribution in [3.63, 3.8) is 0 Å². The molecule has 0 radical (unpaired) electrons. The van der Waals surface area contributed by atoms with Gasteiger partial charge in [0.05, 0.1) is 12.5 Å². The molecule has 0 aliphatic rings. The van der Waals surface area contributed by atoms with Crippen molar-refractivity contribution in [2.45, 2.75) is 64.9 Å². The Morgan fingerprint density at radius 1 is 1.11 bits per heavy atom. The maximum atomic E-state index is 11.8. The van der Waals surface area contributed by atoms with E-state index in [-0.39, 0.29) is 18.1 Å². The molecule has 1 atom stereocenters. The van der Waals surface area contributed by atoms with Gasteiger partial charge in [-0.15, -0.1) is 0 Å². The SMILES string of the molecule is C=C(CC(=O)O[C@@H](C)CCCCCCC)C(=O)OCC(=O)N(C)CC(=O)O. The number of hydrogen-bond acceptors (Lipinski definition) is 6. The maximum absolute atomic E-state index is 11.8. The predicted molar refractivity (Wildman–Crippen MR) is 98.9 cm³/mol. The van der Waals surface area contributed by atoms with Crippen molar-refractivity contribution < 1.29 is 33.8 Å². The molecule has 0 aliphatic carbocycles. The number of carbonyl (C=O) groups excluding carboxylic acids is 3. The lowest BCUT2D eigenvalue weighted by molar-refractivity contribution is -0.153. The molecule has 0 unspecified atom stereocenters. The van der Waals surface area contributed by atoms with Crippen LogP contribution in [0.1, 0.15) is 58.8 Å². The fraction of sp³-hybridized carbons (Fsp3) is 0.684. The monoisotopic (exact) mass is 385 g/mol. The van der Waals surface area contributed by atoms with Gasteiger partial charge in [0.25, 0.3) is 5.91 Å². The van der Waals surface area contributed by atoms with Gasteiger partial charge in [-0.05, 0) is 19.8 Å². The lowest BCUT2D eigenvalue weighted by atomic mass is 10.1. The minimum atomic E-state index is -1.18. The summed E-state index contributed by atoms with van der Waals surface area (Å²) in [7, 11) is 1.28. The average molecular weight is 385 g/mol. The van der Waals surface area contributed by atoms with Gasteiger partial charge in [0, 0.05) is 12.6 Å². The minimum Gasteiger partial charge on any atom is -0.480 e. The second kappa shape index (κ2) is 13.8. The van der Waals surface area contributed by atoms with Gasteiger partial charge in [-0.25, -0.2) is 4.79 Å². The number of carbonyl (C=O) groups is 4. The third-order valence-electron chi connectivity index (χ3n) is 3.82. The zero-order chi connectivity index (χ0) is 20.8. The van der Waals surface area contributed by atoms with Gasteiger partial charge in [0.1, 0.15) is 6.54 Å². The Hall–Kier alpha value is -2.38. The van der Waals surface area contributed by atoms with Crippen LogP contribution in [0, 0.1) is 0 Å². The molecular weight excluding hydrogens is 354 g/mol. The van der Waals surface area contributed by atoms with Crippen molar-refractivity contribution in [3.8, 4) is 0 Å². The Kier molecular flexibility index (Phi) is 12.6. The molecule has 1 N–H and O–H groups in total. The van der Waals surface area contributed by atoms with Crippen LogP contribution in [-0.2, 0) is 28.7 Å². The minimum absolute atomic E-state index is 0.121. The van der Waals surface area contributed by atoms with Crippen LogP contribution in [0.25, 0.3) is 0 Å². The van der Waals surface area contributed by atoms with Crippen LogP contribution in [0.4, 0.5) is 0 Å². The second-order valence-electron chi connectivity index (χ2n) is 6.50. The van der Waals surface area contributed by atoms with Gasteiger partial charge in [-0.2, -0.15) is 0 Å². The van der Waals surface area contributed by atoms with E-state index >= 15 is 0 Å². The number of likely N-dealkylation sites (N-methyl/N-ethyl adjacent to an activating group) is 1. The summed E-state index contributed by atoms with van der Waals surface area (Å²) in [5.74, 6) is -3.31. The number of hydrogen-bond donors (Lipinski definition) is 1. The van der Waals surface area contributed by atoms with E-state index in [0.29, 0.717) is 0 Å². The first-order valence-corrected chi connectivity index (χ1v) is 9.17. The second-order valence-corrected chi connectivity index (χ2v) is 6.50. The van der Waals surface area contributed by atoms with E-state index < -0.39 is 37.0 Å². The zero-order valence-electron chi connectivity index (χ0n) is 16.5. The van der Waals surface area contributed by atoms with Crippen molar-refractivity contribution in [2.24, 2.45) is 0 Å². The zero-order valence-corrected chi connectivity index (χ0v) is 16.5. The number of aliphatic carboxylic acids is 1. The molecule has 1 amide bonds. The Balaban J connectivity index is 4.09. The van der Waals surface area contributed by atoms with E-state index in [9.17, 15) is 19.2 Å². The van der Waals surface area contributed by atoms with Gasteiger partial charge in [0.15, 0.2) is 6.61 Å². The molecule has 0 aromatic carbocycles. The van der Waals surface area contributed by atoms with E-state index in [1.165, 1.54) is 26.3 Å². The van der Waals surface area contributed by atoms with Gasteiger partial charge < -0.3 is 19.5 Å². The van der Waals surface area contributed by atoms with Crippen LogP contribution in [0.2, 0.25) is 0 Å². The maximum Gasteiger partial charge on any atom is 0.334 e. The number of esters is 2. The summed E-state index contributed by atoms with van der Waals surface area (Å²) in [6.07, 6.45) is 5.81. The van der Waals surface area contributed by atoms with Crippen molar-refractivity contribution in [1.82, 2.24) is 4.90 Å². The lowest BCUT2D eigenvalue weighted by Crippen LogP contribution is -2.35. The molecule has 27 heavy (non-hydrogen) atoms. The first-order chi connectivity index (χ1) is 12.7. The smallest absolute Gasteiger partial charge is 0.334 e. The van der Waals surface area contributed by atoms with E-state index in [0.717, 1.165) is 24.2 Å².